The van der Waals surface area contributed by atoms with Gasteiger partial charge in [-0.1, -0.05) is 17.0 Å². The molecule has 0 aromatic carbocycles. The summed E-state index contributed by atoms with van der Waals surface area (Å²) in [5, 5.41) is 6.19. The van der Waals surface area contributed by atoms with Gasteiger partial charge in [-0.2, -0.15) is 0 Å². The molecule has 1 N–H and O–H groups in total. The van der Waals surface area contributed by atoms with Gasteiger partial charge in [0, 0.05) is 24.5 Å². The molecule has 0 aromatic heterocycles. The van der Waals surface area contributed by atoms with Crippen molar-refractivity contribution in [2.75, 3.05) is 125 Å². The van der Waals surface area contributed by atoms with Crippen molar-refractivity contribution in [2.45, 2.75) is 18.9 Å². The molecule has 14 nitrogen and oxygen atoms in total. The van der Waals surface area contributed by atoms with Gasteiger partial charge in [-0.3, -0.25) is 4.79 Å². The summed E-state index contributed by atoms with van der Waals surface area (Å²) in [5.41, 5.74) is 7.19. The maximum atomic E-state index is 12.3. The zero-order valence-corrected chi connectivity index (χ0v) is 24.2. The van der Waals surface area contributed by atoms with Gasteiger partial charge in [-0.05, 0) is 12.5 Å². The van der Waals surface area contributed by atoms with Crippen LogP contribution < -0.4 is 5.32 Å². The molecule has 0 aromatic rings. The summed E-state index contributed by atoms with van der Waals surface area (Å²) in [5.74, 6) is 4.61. The van der Waals surface area contributed by atoms with Gasteiger partial charge in [0.1, 0.15) is 18.8 Å². The summed E-state index contributed by atoms with van der Waals surface area (Å²) in [6.45, 7) is 8.20. The average Bonchev–Trinajstić information content (AvgIpc) is 2.98. The van der Waals surface area contributed by atoms with Crippen LogP contribution in [0.5, 0.6) is 0 Å². The molecule has 1 unspecified atom stereocenters. The van der Waals surface area contributed by atoms with Crippen molar-refractivity contribution in [1.29, 1.82) is 0 Å². The smallest absolute Gasteiger partial charge is 0.222 e. The minimum absolute atomic E-state index is 0.0425. The highest BCUT2D eigenvalue weighted by atomic mass is 16.6. The number of nitrogens with one attached hydrogen (secondary N) is 1. The first kappa shape index (κ1) is 38.5. The summed E-state index contributed by atoms with van der Waals surface area (Å²) < 4.78 is 49.0. The van der Waals surface area contributed by atoms with Crippen molar-refractivity contribution in [2.24, 2.45) is 5.11 Å². The Morgan fingerprint density at radius 3 is 1.73 bits per heavy atom. The molecule has 0 saturated carbocycles. The highest BCUT2D eigenvalue weighted by molar-refractivity contribution is 5.76. The van der Waals surface area contributed by atoms with Gasteiger partial charge in [0.05, 0.1) is 99.0 Å². The molecule has 0 aliphatic heterocycles. The molecule has 1 amide bonds. The van der Waals surface area contributed by atoms with Crippen molar-refractivity contribution in [3.05, 3.63) is 10.4 Å². The molecular weight excluding hydrogens is 540 g/mol. The molecule has 0 aliphatic carbocycles. The maximum absolute atomic E-state index is 12.3. The fourth-order valence-electron chi connectivity index (χ4n) is 2.92. The standard InChI is InChI=1S/C27H46N4O10/c1-4-9-40-25-27(24-33-6-3,41-10-5-2)23-29-26(32)7-11-34-13-15-36-17-19-38-21-22-39-20-18-37-16-14-35-12-8-30-31-28/h1-2H,6-25H2,3H3,(H,29,32). The zero-order chi connectivity index (χ0) is 30.1. The summed E-state index contributed by atoms with van der Waals surface area (Å²) in [6.07, 6.45) is 10.8. The van der Waals surface area contributed by atoms with Gasteiger partial charge in [-0.25, -0.2) is 0 Å². The number of carbonyl (C=O) groups is 1. The van der Waals surface area contributed by atoms with Crippen LogP contribution in [0, 0.1) is 24.7 Å². The van der Waals surface area contributed by atoms with E-state index in [-0.39, 0.29) is 51.9 Å². The normalized spacial score (nSPS) is 12.2. The molecule has 0 saturated heterocycles. The summed E-state index contributed by atoms with van der Waals surface area (Å²) in [6, 6.07) is 0. The van der Waals surface area contributed by atoms with Crippen LogP contribution in [0.15, 0.2) is 5.11 Å². The SMILES string of the molecule is C#CCOCC(CNC(=O)CCOCCOCCOCCOCCOCCOCCN=[N+]=[N-])(COCC)OCC#C. The first-order chi connectivity index (χ1) is 20.1. The van der Waals surface area contributed by atoms with E-state index in [0.717, 1.165) is 0 Å². The van der Waals surface area contributed by atoms with Crippen molar-refractivity contribution >= 4 is 5.91 Å². The quantitative estimate of drug-likeness (QED) is 0.0408. The minimum atomic E-state index is -0.946. The second-order valence-electron chi connectivity index (χ2n) is 8.17. The molecule has 0 aliphatic rings. The molecular formula is C27H46N4O10. The van der Waals surface area contributed by atoms with E-state index in [0.29, 0.717) is 85.8 Å². The molecule has 0 radical (unpaired) electrons. The Hall–Kier alpha value is -2.46. The molecule has 0 rings (SSSR count). The molecule has 0 fully saturated rings. The van der Waals surface area contributed by atoms with E-state index in [1.807, 2.05) is 6.92 Å². The third kappa shape index (κ3) is 26.2. The molecule has 0 bridgehead atoms. The van der Waals surface area contributed by atoms with Crippen LogP contribution in [-0.2, 0) is 47.4 Å². The average molecular weight is 587 g/mol. The first-order valence-corrected chi connectivity index (χ1v) is 13.5. The second kappa shape index (κ2) is 30.5. The first-order valence-electron chi connectivity index (χ1n) is 13.5. The van der Waals surface area contributed by atoms with E-state index in [4.69, 9.17) is 61.0 Å². The second-order valence-corrected chi connectivity index (χ2v) is 8.17. The molecule has 41 heavy (non-hydrogen) atoms. The van der Waals surface area contributed by atoms with Gasteiger partial charge in [0.25, 0.3) is 0 Å². The van der Waals surface area contributed by atoms with E-state index in [1.165, 1.54) is 0 Å². The molecule has 1 atom stereocenters. The Morgan fingerprint density at radius 1 is 0.756 bits per heavy atom. The third-order valence-electron chi connectivity index (χ3n) is 4.92. The van der Waals surface area contributed by atoms with Crippen LogP contribution in [0.2, 0.25) is 0 Å². The van der Waals surface area contributed by atoms with Crippen molar-refractivity contribution < 1.29 is 47.4 Å². The van der Waals surface area contributed by atoms with Crippen LogP contribution in [-0.4, -0.2) is 137 Å². The predicted octanol–water partition coefficient (Wildman–Crippen LogP) is 0.978. The van der Waals surface area contributed by atoms with Gasteiger partial charge in [0.2, 0.25) is 5.91 Å². The molecule has 234 valence electrons. The third-order valence-corrected chi connectivity index (χ3v) is 4.92. The fourth-order valence-corrected chi connectivity index (χ4v) is 2.92. The number of hydrogen-bond acceptors (Lipinski definition) is 11. The lowest BCUT2D eigenvalue weighted by atomic mass is 10.1. The number of carbonyl (C=O) groups excluding carboxylic acids is 1. The summed E-state index contributed by atoms with van der Waals surface area (Å²) >= 11 is 0. The van der Waals surface area contributed by atoms with E-state index in [1.54, 1.807) is 0 Å². The van der Waals surface area contributed by atoms with Crippen LogP contribution in [0.3, 0.4) is 0 Å². The number of nitrogens with zero attached hydrogens (tertiary/aromatic N) is 3. The minimum Gasteiger partial charge on any atom is -0.379 e. The van der Waals surface area contributed by atoms with E-state index >= 15 is 0 Å². The largest absolute Gasteiger partial charge is 0.379 e. The number of ether oxygens (including phenoxy) is 9. The monoisotopic (exact) mass is 586 g/mol. The van der Waals surface area contributed by atoms with Gasteiger partial charge in [-0.15, -0.1) is 12.8 Å². The summed E-state index contributed by atoms with van der Waals surface area (Å²) in [4.78, 5) is 14.9. The van der Waals surface area contributed by atoms with Crippen LogP contribution in [0.25, 0.3) is 10.4 Å². The van der Waals surface area contributed by atoms with Crippen molar-refractivity contribution in [1.82, 2.24) is 5.32 Å². The number of hydrogen-bond donors (Lipinski definition) is 1. The lowest BCUT2D eigenvalue weighted by Crippen LogP contribution is -2.52. The lowest BCUT2D eigenvalue weighted by molar-refractivity contribution is -0.134. The maximum Gasteiger partial charge on any atom is 0.222 e. The summed E-state index contributed by atoms with van der Waals surface area (Å²) in [7, 11) is 0. The molecule has 14 heteroatoms. The van der Waals surface area contributed by atoms with Crippen LogP contribution >= 0.6 is 0 Å². The lowest BCUT2D eigenvalue weighted by Gasteiger charge is -2.32. The van der Waals surface area contributed by atoms with Gasteiger partial charge in [0.15, 0.2) is 0 Å². The van der Waals surface area contributed by atoms with E-state index < -0.39 is 5.60 Å². The highest BCUT2D eigenvalue weighted by Gasteiger charge is 2.32. The van der Waals surface area contributed by atoms with Crippen LogP contribution in [0.1, 0.15) is 13.3 Å². The number of azide groups is 1. The van der Waals surface area contributed by atoms with Gasteiger partial charge < -0.3 is 47.9 Å². The Bertz CT molecular complexity index is 755. The fraction of sp³-hybridized carbons (Fsp3) is 0.815. The van der Waals surface area contributed by atoms with Gasteiger partial charge >= 0.3 is 0 Å². The number of terminal acetylenes is 2. The molecule has 0 heterocycles. The Labute approximate surface area is 243 Å². The van der Waals surface area contributed by atoms with Crippen LogP contribution in [0.4, 0.5) is 0 Å². The number of amides is 1. The van der Waals surface area contributed by atoms with Crippen molar-refractivity contribution in [3.8, 4) is 24.7 Å². The Morgan fingerprint density at radius 2 is 1.24 bits per heavy atom. The predicted molar refractivity (Wildman–Crippen MR) is 150 cm³/mol. The van der Waals surface area contributed by atoms with E-state index in [9.17, 15) is 4.79 Å². The molecule has 0 spiro atoms. The Balaban J connectivity index is 3.70. The zero-order valence-electron chi connectivity index (χ0n) is 24.2. The van der Waals surface area contributed by atoms with Crippen molar-refractivity contribution in [3.63, 3.8) is 0 Å². The topological polar surface area (TPSA) is 161 Å². The highest BCUT2D eigenvalue weighted by Crippen LogP contribution is 2.13. The Kier molecular flexibility index (Phi) is 28.7. The van der Waals surface area contributed by atoms with E-state index in [2.05, 4.69) is 27.2 Å². The number of rotatable bonds is 31.